The molecule has 0 saturated carbocycles. The van der Waals surface area contributed by atoms with Crippen molar-refractivity contribution in [2.24, 2.45) is 7.05 Å². The van der Waals surface area contributed by atoms with Gasteiger partial charge in [0, 0.05) is 18.2 Å². The first-order chi connectivity index (χ1) is 9.12. The van der Waals surface area contributed by atoms with E-state index < -0.39 is 0 Å². The Balaban J connectivity index is 2.66. The van der Waals surface area contributed by atoms with E-state index in [2.05, 4.69) is 12.0 Å². The second-order valence-electron chi connectivity index (χ2n) is 4.26. The zero-order valence-corrected chi connectivity index (χ0v) is 11.7. The molecule has 2 N–H and O–H groups in total. The molecule has 5 nitrogen and oxygen atoms in total. The first-order valence-corrected chi connectivity index (χ1v) is 6.16. The number of rotatable bonds is 4. The van der Waals surface area contributed by atoms with Crippen LogP contribution >= 0.6 is 0 Å². The molecule has 2 aromatic rings. The maximum absolute atomic E-state index is 6.04. The van der Waals surface area contributed by atoms with E-state index in [-0.39, 0.29) is 0 Å². The average molecular weight is 261 g/mol. The van der Waals surface area contributed by atoms with Crippen molar-refractivity contribution < 1.29 is 9.47 Å². The summed E-state index contributed by atoms with van der Waals surface area (Å²) in [6, 6.07) is 5.65. The Morgan fingerprint density at radius 3 is 2.58 bits per heavy atom. The molecule has 0 aliphatic rings. The molecule has 1 aromatic heterocycles. The van der Waals surface area contributed by atoms with Gasteiger partial charge in [-0.3, -0.25) is 4.68 Å². The molecule has 0 aliphatic carbocycles. The summed E-state index contributed by atoms with van der Waals surface area (Å²) in [5.74, 6) is 2.21. The lowest BCUT2D eigenvalue weighted by Crippen LogP contribution is -1.98. The van der Waals surface area contributed by atoms with Gasteiger partial charge in [0.25, 0.3) is 0 Å². The number of anilines is 1. The Bertz CT molecular complexity index is 591. The minimum atomic E-state index is 0.683. The van der Waals surface area contributed by atoms with Crippen LogP contribution in [0, 0.1) is 0 Å². The van der Waals surface area contributed by atoms with Crippen molar-refractivity contribution in [2.45, 2.75) is 13.3 Å². The molecule has 102 valence electrons. The maximum Gasteiger partial charge on any atom is 0.128 e. The van der Waals surface area contributed by atoms with Crippen LogP contribution in [-0.2, 0) is 13.5 Å². The van der Waals surface area contributed by atoms with Gasteiger partial charge >= 0.3 is 0 Å². The second kappa shape index (κ2) is 5.22. The van der Waals surface area contributed by atoms with E-state index in [1.165, 1.54) is 0 Å². The van der Waals surface area contributed by atoms with Crippen molar-refractivity contribution in [3.63, 3.8) is 0 Å². The number of aryl methyl sites for hydroxylation is 1. The third-order valence-electron chi connectivity index (χ3n) is 3.21. The molecule has 1 aromatic carbocycles. The third kappa shape index (κ3) is 2.23. The highest BCUT2D eigenvalue weighted by atomic mass is 16.5. The third-order valence-corrected chi connectivity index (χ3v) is 3.21. The molecular weight excluding hydrogens is 242 g/mol. The lowest BCUT2D eigenvalue weighted by atomic mass is 10.0. The van der Waals surface area contributed by atoms with Crippen LogP contribution in [0.3, 0.4) is 0 Å². The fourth-order valence-electron chi connectivity index (χ4n) is 2.14. The number of aromatic nitrogens is 2. The van der Waals surface area contributed by atoms with Crippen LogP contribution in [0.25, 0.3) is 11.3 Å². The topological polar surface area (TPSA) is 62.3 Å². The summed E-state index contributed by atoms with van der Waals surface area (Å²) in [7, 11) is 5.12. The number of benzene rings is 1. The largest absolute Gasteiger partial charge is 0.497 e. The van der Waals surface area contributed by atoms with Gasteiger partial charge in [-0.2, -0.15) is 5.10 Å². The molecule has 1 heterocycles. The minimum Gasteiger partial charge on any atom is -0.497 e. The zero-order valence-electron chi connectivity index (χ0n) is 11.7. The molecule has 0 amide bonds. The second-order valence-corrected chi connectivity index (χ2v) is 4.26. The van der Waals surface area contributed by atoms with E-state index >= 15 is 0 Å². The Labute approximate surface area is 112 Å². The van der Waals surface area contributed by atoms with Crippen molar-refractivity contribution in [3.05, 3.63) is 23.8 Å². The van der Waals surface area contributed by atoms with Gasteiger partial charge in [-0.15, -0.1) is 0 Å². The summed E-state index contributed by atoms with van der Waals surface area (Å²) in [5, 5.41) is 4.49. The molecule has 0 unspecified atom stereocenters. The highest BCUT2D eigenvalue weighted by Crippen LogP contribution is 2.36. The van der Waals surface area contributed by atoms with Crippen molar-refractivity contribution in [1.82, 2.24) is 9.78 Å². The van der Waals surface area contributed by atoms with Crippen LogP contribution in [-0.4, -0.2) is 24.0 Å². The van der Waals surface area contributed by atoms with E-state index in [0.717, 1.165) is 34.7 Å². The van der Waals surface area contributed by atoms with E-state index in [0.29, 0.717) is 5.82 Å². The Hall–Kier alpha value is -2.17. The van der Waals surface area contributed by atoms with Crippen molar-refractivity contribution in [3.8, 4) is 22.8 Å². The monoisotopic (exact) mass is 261 g/mol. The van der Waals surface area contributed by atoms with Gasteiger partial charge < -0.3 is 15.2 Å². The number of nitrogens with zero attached hydrogens (tertiary/aromatic N) is 2. The molecular formula is C14H19N3O2. The van der Waals surface area contributed by atoms with Crippen LogP contribution in [0.4, 0.5) is 5.82 Å². The van der Waals surface area contributed by atoms with E-state index in [4.69, 9.17) is 15.2 Å². The highest BCUT2D eigenvalue weighted by molar-refractivity contribution is 5.75. The number of methoxy groups -OCH3 is 2. The summed E-state index contributed by atoms with van der Waals surface area (Å²) >= 11 is 0. The van der Waals surface area contributed by atoms with Crippen LogP contribution in [0.2, 0.25) is 0 Å². The summed E-state index contributed by atoms with van der Waals surface area (Å²) in [6.45, 7) is 2.06. The molecule has 2 rings (SSSR count). The summed E-state index contributed by atoms with van der Waals surface area (Å²) < 4.78 is 12.4. The molecule has 0 aliphatic heterocycles. The van der Waals surface area contributed by atoms with Crippen molar-refractivity contribution >= 4 is 5.82 Å². The van der Waals surface area contributed by atoms with Crippen LogP contribution in [0.5, 0.6) is 11.5 Å². The van der Waals surface area contributed by atoms with E-state index in [1.54, 1.807) is 18.9 Å². The predicted molar refractivity (Wildman–Crippen MR) is 75.5 cm³/mol. The van der Waals surface area contributed by atoms with E-state index in [1.807, 2.05) is 25.2 Å². The lowest BCUT2D eigenvalue weighted by molar-refractivity contribution is 0.404. The Morgan fingerprint density at radius 1 is 1.26 bits per heavy atom. The van der Waals surface area contributed by atoms with Crippen LogP contribution in [0.1, 0.15) is 12.5 Å². The lowest BCUT2D eigenvalue weighted by Gasteiger charge is -2.09. The standard InChI is InChI=1S/C14H19N3O2/c1-5-10-13(16-17(2)14(10)15)11-8-9(18-3)6-7-12(11)19-4/h6-8H,5,15H2,1-4H3. The predicted octanol–water partition coefficient (Wildman–Crippen LogP) is 2.25. The fraction of sp³-hybridized carbons (Fsp3) is 0.357. The van der Waals surface area contributed by atoms with Gasteiger partial charge in [0.05, 0.1) is 14.2 Å². The first kappa shape index (κ1) is 13.3. The van der Waals surface area contributed by atoms with Crippen LogP contribution < -0.4 is 15.2 Å². The molecule has 19 heavy (non-hydrogen) atoms. The number of hydrogen-bond acceptors (Lipinski definition) is 4. The smallest absolute Gasteiger partial charge is 0.128 e. The maximum atomic E-state index is 6.04. The molecule has 0 spiro atoms. The molecule has 0 atom stereocenters. The Morgan fingerprint density at radius 2 is 2.00 bits per heavy atom. The van der Waals surface area contributed by atoms with Crippen LogP contribution in [0.15, 0.2) is 18.2 Å². The van der Waals surface area contributed by atoms with Gasteiger partial charge in [-0.25, -0.2) is 0 Å². The summed E-state index contributed by atoms with van der Waals surface area (Å²) in [6.07, 6.45) is 0.815. The van der Waals surface area contributed by atoms with Gasteiger partial charge in [-0.05, 0) is 24.6 Å². The van der Waals surface area contributed by atoms with E-state index in [9.17, 15) is 0 Å². The molecule has 0 bridgehead atoms. The molecule has 5 heteroatoms. The number of nitrogens with two attached hydrogens (primary N) is 1. The highest BCUT2D eigenvalue weighted by Gasteiger charge is 2.18. The quantitative estimate of drug-likeness (QED) is 0.917. The molecule has 0 fully saturated rings. The number of ether oxygens (including phenoxy) is 2. The van der Waals surface area contributed by atoms with Crippen molar-refractivity contribution in [1.29, 1.82) is 0 Å². The molecule has 0 saturated heterocycles. The normalized spacial score (nSPS) is 10.5. The van der Waals surface area contributed by atoms with Gasteiger partial charge in [0.2, 0.25) is 0 Å². The Kier molecular flexibility index (Phi) is 3.64. The van der Waals surface area contributed by atoms with Crippen molar-refractivity contribution in [2.75, 3.05) is 20.0 Å². The van der Waals surface area contributed by atoms with Gasteiger partial charge in [-0.1, -0.05) is 6.92 Å². The SMILES string of the molecule is CCc1c(-c2cc(OC)ccc2OC)nn(C)c1N. The minimum absolute atomic E-state index is 0.683. The molecule has 0 radical (unpaired) electrons. The zero-order chi connectivity index (χ0) is 14.0. The summed E-state index contributed by atoms with van der Waals surface area (Å²) in [4.78, 5) is 0. The van der Waals surface area contributed by atoms with Gasteiger partial charge in [0.1, 0.15) is 23.0 Å². The first-order valence-electron chi connectivity index (χ1n) is 6.16. The fourth-order valence-corrected chi connectivity index (χ4v) is 2.14. The number of hydrogen-bond donors (Lipinski definition) is 1. The summed E-state index contributed by atoms with van der Waals surface area (Å²) in [5.41, 5.74) is 8.80. The average Bonchev–Trinajstić information content (AvgIpc) is 2.73. The number of nitrogen functional groups attached to an aromatic ring is 1. The van der Waals surface area contributed by atoms with Gasteiger partial charge in [0.15, 0.2) is 0 Å².